The molecule has 0 fully saturated rings. The fraction of sp³-hybridized carbons (Fsp3) is 0.167. The van der Waals surface area contributed by atoms with Gasteiger partial charge >= 0.3 is 0 Å². The van der Waals surface area contributed by atoms with Gasteiger partial charge in [0.05, 0.1) is 5.69 Å². The third-order valence-electron chi connectivity index (χ3n) is 3.67. The van der Waals surface area contributed by atoms with Crippen LogP contribution in [0.1, 0.15) is 16.7 Å². The zero-order valence-electron chi connectivity index (χ0n) is 13.0. The molecule has 0 aliphatic carbocycles. The maximum Gasteiger partial charge on any atom is 0.187 e. The second-order valence-electron chi connectivity index (χ2n) is 5.56. The van der Waals surface area contributed by atoms with E-state index < -0.39 is 0 Å². The predicted octanol–water partition coefficient (Wildman–Crippen LogP) is 5.06. The average Bonchev–Trinajstić information content (AvgIpc) is 2.91. The highest BCUT2D eigenvalue weighted by atomic mass is 32.1. The van der Waals surface area contributed by atoms with Crippen LogP contribution in [0.4, 0.5) is 16.5 Å². The van der Waals surface area contributed by atoms with Gasteiger partial charge in [-0.05, 0) is 44.0 Å². The van der Waals surface area contributed by atoms with E-state index in [0.717, 1.165) is 27.8 Å². The Morgan fingerprint density at radius 3 is 2.59 bits per heavy atom. The molecule has 0 unspecified atom stereocenters. The Balaban J connectivity index is 1.89. The van der Waals surface area contributed by atoms with Gasteiger partial charge in [0.1, 0.15) is 0 Å². The average molecular weight is 309 g/mol. The van der Waals surface area contributed by atoms with E-state index in [1.54, 1.807) is 11.3 Å². The van der Waals surface area contributed by atoms with E-state index in [-0.39, 0.29) is 0 Å². The van der Waals surface area contributed by atoms with E-state index in [2.05, 4.69) is 49.7 Å². The molecule has 0 radical (unpaired) electrons. The number of benzene rings is 2. The summed E-state index contributed by atoms with van der Waals surface area (Å²) in [6.07, 6.45) is 0. The number of nitrogens with zero attached hydrogens (tertiary/aromatic N) is 1. The first-order valence-electron chi connectivity index (χ1n) is 7.19. The lowest BCUT2D eigenvalue weighted by Crippen LogP contribution is -1.95. The Bertz CT molecular complexity index is 821. The van der Waals surface area contributed by atoms with E-state index in [1.807, 2.05) is 18.2 Å². The molecule has 2 aromatic carbocycles. The van der Waals surface area contributed by atoms with E-state index in [4.69, 9.17) is 10.7 Å². The Morgan fingerprint density at radius 1 is 1.00 bits per heavy atom. The number of hydrogen-bond donors (Lipinski definition) is 2. The van der Waals surface area contributed by atoms with Gasteiger partial charge in [0.25, 0.3) is 0 Å². The van der Waals surface area contributed by atoms with Crippen molar-refractivity contribution in [3.8, 4) is 11.3 Å². The molecule has 0 atom stereocenters. The first kappa shape index (κ1) is 14.6. The van der Waals surface area contributed by atoms with Crippen LogP contribution in [-0.4, -0.2) is 4.98 Å². The van der Waals surface area contributed by atoms with Crippen molar-refractivity contribution in [3.05, 3.63) is 58.5 Å². The van der Waals surface area contributed by atoms with E-state index >= 15 is 0 Å². The van der Waals surface area contributed by atoms with E-state index in [9.17, 15) is 0 Å². The minimum Gasteiger partial charge on any atom is -0.399 e. The highest BCUT2D eigenvalue weighted by Gasteiger charge is 2.08. The second kappa shape index (κ2) is 5.81. The number of nitrogens with one attached hydrogen (secondary N) is 1. The summed E-state index contributed by atoms with van der Waals surface area (Å²) in [4.78, 5) is 4.70. The van der Waals surface area contributed by atoms with Gasteiger partial charge in [-0.25, -0.2) is 4.98 Å². The molecule has 0 aliphatic heterocycles. The summed E-state index contributed by atoms with van der Waals surface area (Å²) in [7, 11) is 0. The van der Waals surface area contributed by atoms with Gasteiger partial charge < -0.3 is 11.1 Å². The van der Waals surface area contributed by atoms with Gasteiger partial charge in [-0.3, -0.25) is 0 Å². The molecule has 3 aromatic rings. The Hall–Kier alpha value is -2.33. The summed E-state index contributed by atoms with van der Waals surface area (Å²) >= 11 is 1.60. The quantitative estimate of drug-likeness (QED) is 0.665. The summed E-state index contributed by atoms with van der Waals surface area (Å²) in [5, 5.41) is 6.32. The SMILES string of the molecule is Cc1ccc(-c2csc(Nc3cc(N)ccc3C)n2)c(C)c1. The number of rotatable bonds is 3. The molecule has 0 saturated heterocycles. The third kappa shape index (κ3) is 2.97. The molecular formula is C18H19N3S. The standard InChI is InChI=1S/C18H19N3S/c1-11-4-7-15(13(3)8-11)17-10-22-18(21-17)20-16-9-14(19)6-5-12(16)2/h4-10H,19H2,1-3H3,(H,20,21). The molecule has 22 heavy (non-hydrogen) atoms. The van der Waals surface area contributed by atoms with Gasteiger partial charge in [-0.15, -0.1) is 11.3 Å². The van der Waals surface area contributed by atoms with Gasteiger partial charge in [-0.1, -0.05) is 29.8 Å². The van der Waals surface area contributed by atoms with Crippen molar-refractivity contribution in [2.24, 2.45) is 0 Å². The number of nitrogens with two attached hydrogens (primary N) is 1. The van der Waals surface area contributed by atoms with Crippen molar-refractivity contribution in [1.29, 1.82) is 0 Å². The molecule has 1 aromatic heterocycles. The molecule has 0 bridgehead atoms. The summed E-state index contributed by atoms with van der Waals surface area (Å²) in [6.45, 7) is 6.28. The summed E-state index contributed by atoms with van der Waals surface area (Å²) in [6, 6.07) is 12.3. The van der Waals surface area contributed by atoms with Crippen LogP contribution >= 0.6 is 11.3 Å². The normalized spacial score (nSPS) is 10.7. The zero-order chi connectivity index (χ0) is 15.7. The molecule has 3 rings (SSSR count). The molecule has 1 heterocycles. The summed E-state index contributed by atoms with van der Waals surface area (Å²) in [5.74, 6) is 0. The maximum atomic E-state index is 5.85. The minimum atomic E-state index is 0.749. The first-order chi connectivity index (χ1) is 10.5. The predicted molar refractivity (Wildman–Crippen MR) is 95.9 cm³/mol. The van der Waals surface area contributed by atoms with Crippen LogP contribution in [0.15, 0.2) is 41.8 Å². The number of thiazole rings is 1. The van der Waals surface area contributed by atoms with E-state index in [0.29, 0.717) is 0 Å². The van der Waals surface area contributed by atoms with Gasteiger partial charge in [-0.2, -0.15) is 0 Å². The topological polar surface area (TPSA) is 50.9 Å². The largest absolute Gasteiger partial charge is 0.399 e. The molecule has 3 nitrogen and oxygen atoms in total. The van der Waals surface area contributed by atoms with Crippen LogP contribution in [0.2, 0.25) is 0 Å². The Labute approximate surface area is 134 Å². The van der Waals surface area contributed by atoms with Crippen molar-refractivity contribution in [1.82, 2.24) is 4.98 Å². The number of anilines is 3. The van der Waals surface area contributed by atoms with Crippen molar-refractivity contribution < 1.29 is 0 Å². The molecule has 0 amide bonds. The van der Waals surface area contributed by atoms with Crippen molar-refractivity contribution in [2.75, 3.05) is 11.1 Å². The van der Waals surface area contributed by atoms with Crippen LogP contribution in [0.3, 0.4) is 0 Å². The van der Waals surface area contributed by atoms with Crippen LogP contribution in [0.25, 0.3) is 11.3 Å². The molecule has 112 valence electrons. The molecule has 0 saturated carbocycles. The second-order valence-corrected chi connectivity index (χ2v) is 6.41. The highest BCUT2D eigenvalue weighted by molar-refractivity contribution is 7.14. The molecule has 3 N–H and O–H groups in total. The maximum absolute atomic E-state index is 5.85. The summed E-state index contributed by atoms with van der Waals surface area (Å²) < 4.78 is 0. The lowest BCUT2D eigenvalue weighted by Gasteiger charge is -2.07. The fourth-order valence-electron chi connectivity index (χ4n) is 2.45. The zero-order valence-corrected chi connectivity index (χ0v) is 13.8. The lowest BCUT2D eigenvalue weighted by molar-refractivity contribution is 1.33. The monoisotopic (exact) mass is 309 g/mol. The van der Waals surface area contributed by atoms with E-state index in [1.165, 1.54) is 16.7 Å². The Kier molecular flexibility index (Phi) is 3.86. The smallest absolute Gasteiger partial charge is 0.187 e. The number of hydrogen-bond acceptors (Lipinski definition) is 4. The minimum absolute atomic E-state index is 0.749. The van der Waals surface area contributed by atoms with Gasteiger partial charge in [0.2, 0.25) is 0 Å². The molecule has 0 aliphatic rings. The van der Waals surface area contributed by atoms with Gasteiger partial charge in [0, 0.05) is 22.3 Å². The summed E-state index contributed by atoms with van der Waals surface area (Å²) in [5.41, 5.74) is 13.5. The number of nitrogen functional groups attached to an aromatic ring is 1. The number of aromatic nitrogens is 1. The molecule has 0 spiro atoms. The fourth-order valence-corrected chi connectivity index (χ4v) is 3.17. The van der Waals surface area contributed by atoms with Crippen molar-refractivity contribution in [3.63, 3.8) is 0 Å². The third-order valence-corrected chi connectivity index (χ3v) is 4.42. The first-order valence-corrected chi connectivity index (χ1v) is 8.07. The Morgan fingerprint density at radius 2 is 1.82 bits per heavy atom. The molecular weight excluding hydrogens is 290 g/mol. The van der Waals surface area contributed by atoms with Crippen LogP contribution in [0.5, 0.6) is 0 Å². The van der Waals surface area contributed by atoms with Crippen molar-refractivity contribution in [2.45, 2.75) is 20.8 Å². The number of aryl methyl sites for hydroxylation is 3. The lowest BCUT2D eigenvalue weighted by atomic mass is 10.0. The van der Waals surface area contributed by atoms with Crippen molar-refractivity contribution >= 4 is 27.8 Å². The van der Waals surface area contributed by atoms with Gasteiger partial charge in [0.15, 0.2) is 5.13 Å². The van der Waals surface area contributed by atoms with Crippen LogP contribution in [-0.2, 0) is 0 Å². The van der Waals surface area contributed by atoms with Crippen LogP contribution in [0, 0.1) is 20.8 Å². The highest BCUT2D eigenvalue weighted by Crippen LogP contribution is 2.30. The van der Waals surface area contributed by atoms with Crippen LogP contribution < -0.4 is 11.1 Å². The molecule has 4 heteroatoms.